The number of fused-ring (bicyclic) bond motifs is 1. The molecule has 1 atom stereocenters. The van der Waals surface area contributed by atoms with Gasteiger partial charge in [0.15, 0.2) is 28.5 Å². The summed E-state index contributed by atoms with van der Waals surface area (Å²) in [6.45, 7) is 1.48. The van der Waals surface area contributed by atoms with E-state index in [9.17, 15) is 13.2 Å². The van der Waals surface area contributed by atoms with Gasteiger partial charge in [-0.15, -0.1) is 0 Å². The number of piperazine rings is 1. The Bertz CT molecular complexity index is 1450. The van der Waals surface area contributed by atoms with Crippen molar-refractivity contribution in [3.63, 3.8) is 0 Å². The van der Waals surface area contributed by atoms with Crippen LogP contribution in [0.3, 0.4) is 0 Å². The van der Waals surface area contributed by atoms with E-state index in [1.807, 2.05) is 11.0 Å². The number of hydrogen-bond donors (Lipinski definition) is 2. The monoisotopic (exact) mass is 511 g/mol. The summed E-state index contributed by atoms with van der Waals surface area (Å²) < 4.78 is 51.0. The van der Waals surface area contributed by atoms with Gasteiger partial charge in [-0.05, 0) is 35.9 Å². The Kier molecular flexibility index (Phi) is 6.42. The first kappa shape index (κ1) is 24.5. The molecule has 4 aromatic rings. The number of alkyl halides is 3. The zero-order valence-corrected chi connectivity index (χ0v) is 20.1. The quantitative estimate of drug-likeness (QED) is 0.413. The van der Waals surface area contributed by atoms with E-state index in [1.165, 1.54) is 6.07 Å². The van der Waals surface area contributed by atoms with Gasteiger partial charge in [0, 0.05) is 25.2 Å². The number of benzene rings is 2. The maximum Gasteiger partial charge on any atom is 0.416 e. The topological polar surface area (TPSA) is 111 Å². The molecule has 5 rings (SSSR count). The predicted octanol–water partition coefficient (Wildman–Crippen LogP) is 3.86. The van der Waals surface area contributed by atoms with Crippen LogP contribution in [0.4, 0.5) is 24.9 Å². The maximum atomic E-state index is 13.4. The lowest BCUT2D eigenvalue weighted by Gasteiger charge is -2.37. The van der Waals surface area contributed by atoms with E-state index in [0.29, 0.717) is 53.7 Å². The van der Waals surface area contributed by atoms with Crippen LogP contribution in [0.25, 0.3) is 22.4 Å². The lowest BCUT2D eigenvalue weighted by molar-refractivity contribution is -0.137. The minimum atomic E-state index is -4.45. The van der Waals surface area contributed by atoms with Crippen LogP contribution in [0.5, 0.6) is 11.5 Å². The van der Waals surface area contributed by atoms with Gasteiger partial charge in [0.1, 0.15) is 0 Å². The zero-order chi connectivity index (χ0) is 26.2. The number of rotatable bonds is 5. The van der Waals surface area contributed by atoms with Gasteiger partial charge in [0.05, 0.1) is 37.7 Å². The van der Waals surface area contributed by atoms with Crippen molar-refractivity contribution >= 4 is 22.9 Å². The molecule has 12 heteroatoms. The van der Waals surface area contributed by atoms with E-state index in [4.69, 9.17) is 20.2 Å². The minimum absolute atomic E-state index is 0.00279. The maximum absolute atomic E-state index is 13.4. The molecule has 1 saturated heterocycles. The van der Waals surface area contributed by atoms with Crippen molar-refractivity contribution in [2.24, 2.45) is 0 Å². The van der Waals surface area contributed by atoms with E-state index in [0.717, 1.165) is 17.7 Å². The van der Waals surface area contributed by atoms with Gasteiger partial charge in [-0.3, -0.25) is 0 Å². The third kappa shape index (κ3) is 4.79. The summed E-state index contributed by atoms with van der Waals surface area (Å²) in [7, 11) is 3.09. The number of nitrogens with one attached hydrogen (secondary N) is 1. The second kappa shape index (κ2) is 9.69. The van der Waals surface area contributed by atoms with Crippen molar-refractivity contribution in [1.82, 2.24) is 25.3 Å². The summed E-state index contributed by atoms with van der Waals surface area (Å²) in [5, 5.41) is 3.26. The Balaban J connectivity index is 1.62. The number of aromatic nitrogens is 4. The molecule has 0 radical (unpaired) electrons. The van der Waals surface area contributed by atoms with Gasteiger partial charge in [-0.1, -0.05) is 12.1 Å². The van der Waals surface area contributed by atoms with Crippen LogP contribution < -0.4 is 25.4 Å². The third-order valence-corrected chi connectivity index (χ3v) is 6.20. The van der Waals surface area contributed by atoms with Crippen LogP contribution in [0.2, 0.25) is 0 Å². The number of halogens is 3. The fraction of sp³-hybridized carbons (Fsp3) is 0.280. The summed E-state index contributed by atoms with van der Waals surface area (Å²) in [5.74, 6) is 1.50. The highest BCUT2D eigenvalue weighted by Gasteiger charge is 2.33. The van der Waals surface area contributed by atoms with Crippen molar-refractivity contribution in [3.05, 3.63) is 59.8 Å². The van der Waals surface area contributed by atoms with Gasteiger partial charge in [0.2, 0.25) is 5.95 Å². The Morgan fingerprint density at radius 2 is 1.84 bits per heavy atom. The molecular formula is C25H24F3N7O2. The first-order valence-electron chi connectivity index (χ1n) is 11.5. The fourth-order valence-electron chi connectivity index (χ4n) is 4.42. The molecule has 3 heterocycles. The van der Waals surface area contributed by atoms with Gasteiger partial charge >= 0.3 is 6.18 Å². The standard InChI is InChI=1S/C25H24F3N7O2/c1-36-19-7-6-14(11-20(19)37-2)17-12-31-22-21(32-17)23(34-24(29)33-22)35-9-8-30-13-18(35)15-4-3-5-16(10-15)25(26,27)28/h3-7,10-12,18,30H,8-9,13H2,1-2H3,(H2,29,31,33,34). The molecule has 2 aromatic carbocycles. The largest absolute Gasteiger partial charge is 0.493 e. The number of nitrogens with zero attached hydrogens (tertiary/aromatic N) is 5. The molecule has 1 aliphatic heterocycles. The lowest BCUT2D eigenvalue weighted by atomic mass is 10.0. The Morgan fingerprint density at radius 1 is 1.03 bits per heavy atom. The van der Waals surface area contributed by atoms with Gasteiger partial charge < -0.3 is 25.4 Å². The Labute approximate surface area is 210 Å². The van der Waals surface area contributed by atoms with Crippen LogP contribution >= 0.6 is 0 Å². The molecule has 0 saturated carbocycles. The normalized spacial score (nSPS) is 16.1. The molecule has 1 unspecified atom stereocenters. The number of nitrogens with two attached hydrogens (primary N) is 1. The molecule has 0 bridgehead atoms. The van der Waals surface area contributed by atoms with Crippen molar-refractivity contribution in [2.45, 2.75) is 12.2 Å². The van der Waals surface area contributed by atoms with Gasteiger partial charge in [-0.2, -0.15) is 23.1 Å². The highest BCUT2D eigenvalue weighted by atomic mass is 19.4. The van der Waals surface area contributed by atoms with E-state index in [1.54, 1.807) is 38.6 Å². The van der Waals surface area contributed by atoms with Crippen LogP contribution in [-0.2, 0) is 6.18 Å². The van der Waals surface area contributed by atoms with Crippen LogP contribution in [0.1, 0.15) is 17.2 Å². The summed E-state index contributed by atoms with van der Waals surface area (Å²) in [6.07, 6.45) is -2.88. The van der Waals surface area contributed by atoms with E-state index >= 15 is 0 Å². The molecule has 1 fully saturated rings. The number of anilines is 2. The van der Waals surface area contributed by atoms with E-state index in [2.05, 4.69) is 20.3 Å². The Morgan fingerprint density at radius 3 is 2.59 bits per heavy atom. The van der Waals surface area contributed by atoms with E-state index in [-0.39, 0.29) is 11.6 Å². The molecule has 192 valence electrons. The molecule has 2 aromatic heterocycles. The Hall–Kier alpha value is -4.19. The van der Waals surface area contributed by atoms with Crippen molar-refractivity contribution in [2.75, 3.05) is 44.5 Å². The summed E-state index contributed by atoms with van der Waals surface area (Å²) in [6, 6.07) is 10.2. The average molecular weight is 512 g/mol. The number of hydrogen-bond acceptors (Lipinski definition) is 9. The highest BCUT2D eigenvalue weighted by molar-refractivity contribution is 5.86. The highest BCUT2D eigenvalue weighted by Crippen LogP contribution is 2.36. The third-order valence-electron chi connectivity index (χ3n) is 6.20. The van der Waals surface area contributed by atoms with E-state index < -0.39 is 17.8 Å². The summed E-state index contributed by atoms with van der Waals surface area (Å²) >= 11 is 0. The number of nitrogen functional groups attached to an aromatic ring is 1. The molecule has 0 aliphatic carbocycles. The SMILES string of the molecule is COc1ccc(-c2cnc3nc(N)nc(N4CCNCC4c4cccc(C(F)(F)F)c4)c3n2)cc1OC. The summed E-state index contributed by atoms with van der Waals surface area (Å²) in [5.41, 5.74) is 7.73. The fourth-order valence-corrected chi connectivity index (χ4v) is 4.42. The molecule has 3 N–H and O–H groups in total. The molecule has 0 amide bonds. The van der Waals surface area contributed by atoms with Crippen LogP contribution in [0.15, 0.2) is 48.7 Å². The molecule has 37 heavy (non-hydrogen) atoms. The predicted molar refractivity (Wildman–Crippen MR) is 132 cm³/mol. The first-order valence-corrected chi connectivity index (χ1v) is 11.5. The molecular weight excluding hydrogens is 487 g/mol. The summed E-state index contributed by atoms with van der Waals surface area (Å²) in [4.78, 5) is 19.8. The van der Waals surface area contributed by atoms with Crippen molar-refractivity contribution in [3.8, 4) is 22.8 Å². The second-order valence-corrected chi connectivity index (χ2v) is 8.44. The smallest absolute Gasteiger partial charge is 0.416 e. The minimum Gasteiger partial charge on any atom is -0.493 e. The first-order chi connectivity index (χ1) is 17.8. The van der Waals surface area contributed by atoms with Crippen molar-refractivity contribution in [1.29, 1.82) is 0 Å². The number of ether oxygens (including phenoxy) is 2. The van der Waals surface area contributed by atoms with Gasteiger partial charge in [-0.25, -0.2) is 9.97 Å². The molecule has 1 aliphatic rings. The second-order valence-electron chi connectivity index (χ2n) is 8.44. The molecule has 0 spiro atoms. The van der Waals surface area contributed by atoms with Gasteiger partial charge in [0.25, 0.3) is 0 Å². The lowest BCUT2D eigenvalue weighted by Crippen LogP contribution is -2.46. The molecule has 9 nitrogen and oxygen atoms in total. The van der Waals surface area contributed by atoms with Crippen LogP contribution in [-0.4, -0.2) is 53.8 Å². The zero-order valence-electron chi connectivity index (χ0n) is 20.1. The van der Waals surface area contributed by atoms with Crippen molar-refractivity contribution < 1.29 is 22.6 Å². The average Bonchev–Trinajstić information content (AvgIpc) is 2.91. The number of methoxy groups -OCH3 is 2. The van der Waals surface area contributed by atoms with Crippen LogP contribution in [0, 0.1) is 0 Å².